The molecule has 4 unspecified atom stereocenters. The first-order valence-electron chi connectivity index (χ1n) is 32.1. The first kappa shape index (κ1) is 117. The quantitative estimate of drug-likeness (QED) is 0.0245. The monoisotopic (exact) mass is 2620 g/mol. The van der Waals surface area contributed by atoms with E-state index >= 15 is 0 Å². The number of benzene rings is 12. The Morgan fingerprint density at radius 2 is 0.302 bits per heavy atom. The van der Waals surface area contributed by atoms with E-state index in [1.165, 1.54) is 55.3 Å². The van der Waals surface area contributed by atoms with Crippen LogP contribution in [0.1, 0.15) is 27.7 Å². The molecule has 0 aromatic heterocycles. The van der Waals surface area contributed by atoms with Crippen LogP contribution in [-0.2, 0) is 129 Å². The van der Waals surface area contributed by atoms with Crippen molar-refractivity contribution in [3.8, 4) is 0 Å². The zero-order chi connectivity index (χ0) is 81.8. The summed E-state index contributed by atoms with van der Waals surface area (Å²) in [7, 11) is 1.09. The Hall–Kier alpha value is -4.97. The van der Waals surface area contributed by atoms with Crippen molar-refractivity contribution in [2.75, 3.05) is 0 Å². The van der Waals surface area contributed by atoms with Gasteiger partial charge in [-0.2, -0.15) is 0 Å². The minimum Gasteiger partial charge on any atom is -0.425 e. The van der Waals surface area contributed by atoms with E-state index in [4.69, 9.17) is 20.4 Å². The molecule has 0 aliphatic carbocycles. The van der Waals surface area contributed by atoms with E-state index in [2.05, 4.69) is 243 Å². The van der Waals surface area contributed by atoms with Gasteiger partial charge >= 0.3 is 86.9 Å². The van der Waals surface area contributed by atoms with Crippen LogP contribution in [0.3, 0.4) is 0 Å². The molecule has 0 saturated carbocycles. The average molecular weight is 2620 g/mol. The summed E-state index contributed by atoms with van der Waals surface area (Å²) in [6, 6.07) is 89.4. The van der Waals surface area contributed by atoms with E-state index in [-0.39, 0.29) is 163 Å². The van der Waals surface area contributed by atoms with Gasteiger partial charge < -0.3 is 20.4 Å². The zero-order valence-corrected chi connectivity index (χ0v) is 76.8. The minimum atomic E-state index is -2.17. The summed E-state index contributed by atoms with van der Waals surface area (Å²) >= 11 is 0. The maximum Gasteiger partial charge on any atom is 2.00 e. The van der Waals surface area contributed by atoms with E-state index in [0.29, 0.717) is 0 Å². The van der Waals surface area contributed by atoms with Crippen LogP contribution in [0.15, 0.2) is 243 Å². The van der Waals surface area contributed by atoms with E-state index in [0.717, 1.165) is 24.3 Å². The molecule has 0 heterocycles. The van der Waals surface area contributed by atoms with Crippen LogP contribution in [0.2, 0.25) is 0 Å². The van der Waals surface area contributed by atoms with Gasteiger partial charge in [-0.1, -0.05) is 198 Å². The van der Waals surface area contributed by atoms with Crippen LogP contribution in [0.5, 0.6) is 0 Å². The number of aliphatic hydroxyl groups is 4. The summed E-state index contributed by atoms with van der Waals surface area (Å²) in [6.45, 7) is 6.42. The molecule has 640 valence electrons. The van der Waals surface area contributed by atoms with Crippen molar-refractivity contribution >= 4 is 76.8 Å². The number of hydrogen-bond donors (Lipinski definition) is 4. The summed E-state index contributed by atoms with van der Waals surface area (Å²) in [4.78, 5) is 0. The number of halogens is 20. The summed E-state index contributed by atoms with van der Waals surface area (Å²) < 4.78 is 239. The fraction of sp³-hybridized carbons (Fsp3) is 0.0976. The van der Waals surface area contributed by atoms with Crippen LogP contribution in [0.25, 0.3) is 0 Å². The molecule has 0 spiro atoms. The predicted octanol–water partition coefficient (Wildman–Crippen LogP) is 16.8. The van der Waals surface area contributed by atoms with Crippen LogP contribution in [0.4, 0.5) is 87.8 Å². The van der Waals surface area contributed by atoms with Crippen molar-refractivity contribution in [2.45, 2.75) is 52.1 Å². The molecular formula is C82H70Ag2F20O4P4Pt4+4. The molecule has 4 nitrogen and oxygen atoms in total. The summed E-state index contributed by atoms with van der Waals surface area (Å²) in [5.41, 5.74) is 0. The minimum absolute atomic E-state index is 0. The molecule has 0 bridgehead atoms. The van der Waals surface area contributed by atoms with Gasteiger partial charge in [-0.15, -0.1) is 24.3 Å². The fourth-order valence-electron chi connectivity index (χ4n) is 7.95. The van der Waals surface area contributed by atoms with Crippen LogP contribution >= 0.6 is 34.3 Å². The molecule has 0 amide bonds. The van der Waals surface area contributed by atoms with E-state index < -0.39 is 141 Å². The molecule has 4 atom stereocenters. The molecule has 12 aromatic carbocycles. The third-order valence-electron chi connectivity index (χ3n) is 12.8. The Kier molecular flexibility index (Phi) is 66.5. The van der Waals surface area contributed by atoms with Gasteiger partial charge in [0, 0.05) is 42.1 Å². The fourth-order valence-corrected chi connectivity index (χ4v) is 12.8. The summed E-state index contributed by atoms with van der Waals surface area (Å²) in [6.07, 6.45) is 0.889. The van der Waals surface area contributed by atoms with E-state index in [1.54, 1.807) is 27.7 Å². The van der Waals surface area contributed by atoms with Gasteiger partial charge in [0.1, 0.15) is 0 Å². The van der Waals surface area contributed by atoms with Gasteiger partial charge in [-0.3, -0.25) is 48.0 Å². The molecular weight excluding hydrogens is 2550 g/mol. The molecule has 12 aromatic rings. The van der Waals surface area contributed by atoms with Crippen molar-refractivity contribution in [1.29, 1.82) is 0 Å². The van der Waals surface area contributed by atoms with Gasteiger partial charge in [0.2, 0.25) is 0 Å². The molecule has 0 aliphatic heterocycles. The molecule has 0 aliphatic rings. The summed E-state index contributed by atoms with van der Waals surface area (Å²) in [5, 5.41) is 45.6. The number of aliphatic hydroxyl groups excluding tert-OH is 4. The zero-order valence-electron chi connectivity index (χ0n) is 60.1. The molecule has 0 fully saturated rings. The largest absolute Gasteiger partial charge is 2.00 e. The normalized spacial score (nSPS) is 10.6. The van der Waals surface area contributed by atoms with Gasteiger partial charge in [-0.05, 0) is 97.1 Å². The first-order valence-corrected chi connectivity index (χ1v) is 36.7. The van der Waals surface area contributed by atoms with Crippen molar-refractivity contribution in [2.24, 2.45) is 0 Å². The van der Waals surface area contributed by atoms with Crippen LogP contribution < -0.4 is 42.4 Å². The first-order chi connectivity index (χ1) is 52.2. The molecule has 4 N–H and O–H groups in total. The van der Waals surface area contributed by atoms with E-state index in [1.807, 2.05) is 0 Å². The number of rotatable bonds is 12. The molecule has 0 radical (unpaired) electrons. The molecule has 116 heavy (non-hydrogen) atoms. The van der Waals surface area contributed by atoms with Crippen molar-refractivity contribution in [3.05, 3.63) is 396 Å². The van der Waals surface area contributed by atoms with Gasteiger partial charge in [-0.25, -0.2) is 52.7 Å². The van der Waals surface area contributed by atoms with Gasteiger partial charge in [0.15, 0.2) is 0 Å². The van der Waals surface area contributed by atoms with Gasteiger partial charge in [0.05, 0.1) is 193 Å². The number of hydrogen-bond acceptors (Lipinski definition) is 4. The molecule has 12 rings (SSSR count). The average Bonchev–Trinajstić information content (AvgIpc) is 0.849. The third-order valence-corrected chi connectivity index (χ3v) is 18.6. The van der Waals surface area contributed by atoms with E-state index in [9.17, 15) is 87.8 Å². The Morgan fingerprint density at radius 3 is 0.379 bits per heavy atom. The third kappa shape index (κ3) is 47.9. The molecule has 0 saturated heterocycles. The van der Waals surface area contributed by atoms with Crippen LogP contribution in [-0.4, -0.2) is 44.8 Å². The maximum absolute atomic E-state index is 12.0. The summed E-state index contributed by atoms with van der Waals surface area (Å²) in [5.74, 6) is -40.2. The van der Waals surface area contributed by atoms with Crippen molar-refractivity contribution in [1.82, 2.24) is 0 Å². The Morgan fingerprint density at radius 1 is 0.207 bits per heavy atom. The second kappa shape index (κ2) is 65.8. The maximum atomic E-state index is 12.0. The molecule has 34 heteroatoms. The topological polar surface area (TPSA) is 80.9 Å². The Bertz CT molecular complexity index is 3770. The second-order valence-electron chi connectivity index (χ2n) is 22.0. The smallest absolute Gasteiger partial charge is 0.425 e. The van der Waals surface area contributed by atoms with Crippen molar-refractivity contribution in [3.63, 3.8) is 0 Å². The standard InChI is InChI=1S/4C12H11P.4C6F5.2C5H11O2.2Ag.4Pt/c4*1-3-7-11(8-4-1)13-12-9-5-2-6-10-12;4*7-2-1-3(8)5(10)6(11)4(2)9;2*1-4(6)3-5(2)7;;;;;;/h4*1-10,13H;;;;;2*3-7H,1-2H3;;;;;;/q;;;;6*-1;2*+1;;;2*+2/p+4. The predicted molar refractivity (Wildman–Crippen MR) is 403 cm³/mol. The SMILES string of the molecule is CC(O)[CH-]C(C)O.CC(O)[CH-]C(C)O.Fc1[c-]c(F)c(F)c(F)c1F.Fc1[c-]c(F)c(F)c(F)c1F.Fc1[c-]c(F)c(F)c(F)c1F.Fc1[c-]c(F)c(F)c(F)c1F.[Ag+].[Ag+].[Pt+2].[Pt+2].[Pt].[Pt].c1ccc([PH2+]c2ccccc2)cc1.c1ccc([PH2+]c2ccccc2)cc1.c1ccc([PH2+]c2ccccc2)cc1.c1ccc([PH2+]c2ccccc2)cc1. The Balaban J connectivity index is -0.000000601. The van der Waals surface area contributed by atoms with Crippen LogP contribution in [0, 0.1) is 153 Å². The second-order valence-corrected chi connectivity index (χ2v) is 28.5. The van der Waals surface area contributed by atoms with Gasteiger partial charge in [0.25, 0.3) is 0 Å². The van der Waals surface area contributed by atoms with Crippen molar-refractivity contribution < 1.29 is 237 Å². The Labute approximate surface area is 755 Å².